The van der Waals surface area contributed by atoms with E-state index in [1.807, 2.05) is 0 Å². The van der Waals surface area contributed by atoms with Crippen LogP contribution < -0.4 is 4.74 Å². The van der Waals surface area contributed by atoms with E-state index in [1.54, 1.807) is 0 Å². The van der Waals surface area contributed by atoms with Crippen molar-refractivity contribution < 1.29 is 4.74 Å². The van der Waals surface area contributed by atoms with Crippen molar-refractivity contribution in [1.29, 1.82) is 0 Å². The standard InChI is InChI=1S/C16H22N2O/c1-12-10-18(3)16-9-14(6-7-15(12)16)19-11-13-5-4-8-17(13)2/h6-7,9-10,13H,4-5,8,11H2,1-3H3. The topological polar surface area (TPSA) is 17.4 Å². The molecule has 1 fully saturated rings. The van der Waals surface area contributed by atoms with Gasteiger partial charge in [0.1, 0.15) is 12.4 Å². The smallest absolute Gasteiger partial charge is 0.121 e. The van der Waals surface area contributed by atoms with Crippen LogP contribution in [0.1, 0.15) is 18.4 Å². The van der Waals surface area contributed by atoms with Gasteiger partial charge in [0.25, 0.3) is 0 Å². The normalized spacial score (nSPS) is 20.3. The highest BCUT2D eigenvalue weighted by molar-refractivity contribution is 5.84. The molecule has 102 valence electrons. The zero-order valence-corrected chi connectivity index (χ0v) is 12.0. The largest absolute Gasteiger partial charge is 0.492 e. The van der Waals surface area contributed by atoms with Gasteiger partial charge in [0, 0.05) is 30.7 Å². The van der Waals surface area contributed by atoms with Crippen LogP contribution in [0.15, 0.2) is 24.4 Å². The summed E-state index contributed by atoms with van der Waals surface area (Å²) in [6.45, 7) is 4.14. The third kappa shape index (κ3) is 2.35. The van der Waals surface area contributed by atoms with Crippen molar-refractivity contribution in [2.45, 2.75) is 25.8 Å². The Labute approximate surface area is 114 Å². The molecule has 0 radical (unpaired) electrons. The number of nitrogens with zero attached hydrogens (tertiary/aromatic N) is 2. The van der Waals surface area contributed by atoms with Crippen molar-refractivity contribution >= 4 is 10.9 Å². The van der Waals surface area contributed by atoms with Crippen LogP contribution in [0, 0.1) is 6.92 Å². The Hall–Kier alpha value is -1.48. The maximum atomic E-state index is 5.98. The first kappa shape index (κ1) is 12.5. The Bertz CT molecular complexity index is 588. The van der Waals surface area contributed by atoms with Gasteiger partial charge in [-0.15, -0.1) is 0 Å². The first-order chi connectivity index (χ1) is 9.15. The summed E-state index contributed by atoms with van der Waals surface area (Å²) >= 11 is 0. The molecule has 2 aromatic rings. The molecule has 0 aliphatic carbocycles. The lowest BCUT2D eigenvalue weighted by atomic mass is 10.2. The molecular formula is C16H22N2O. The van der Waals surface area contributed by atoms with E-state index in [0.717, 1.165) is 12.4 Å². The zero-order valence-electron chi connectivity index (χ0n) is 12.0. The second-order valence-corrected chi connectivity index (χ2v) is 5.69. The second kappa shape index (κ2) is 4.89. The molecule has 0 saturated carbocycles. The predicted molar refractivity (Wildman–Crippen MR) is 78.8 cm³/mol. The van der Waals surface area contributed by atoms with Crippen LogP contribution in [0.2, 0.25) is 0 Å². The Morgan fingerprint density at radius 2 is 2.16 bits per heavy atom. The quantitative estimate of drug-likeness (QED) is 0.842. The average molecular weight is 258 g/mol. The third-order valence-electron chi connectivity index (χ3n) is 4.28. The van der Waals surface area contributed by atoms with Crippen molar-refractivity contribution in [2.24, 2.45) is 7.05 Å². The first-order valence-corrected chi connectivity index (χ1v) is 7.04. The van der Waals surface area contributed by atoms with Crippen molar-refractivity contribution in [3.8, 4) is 5.75 Å². The summed E-state index contributed by atoms with van der Waals surface area (Å²) in [4.78, 5) is 2.39. The van der Waals surface area contributed by atoms with E-state index in [0.29, 0.717) is 6.04 Å². The summed E-state index contributed by atoms with van der Waals surface area (Å²) < 4.78 is 8.14. The summed E-state index contributed by atoms with van der Waals surface area (Å²) in [5.41, 5.74) is 2.56. The molecule has 2 heterocycles. The van der Waals surface area contributed by atoms with Crippen LogP contribution in [-0.2, 0) is 7.05 Å². The minimum absolute atomic E-state index is 0.575. The number of aromatic nitrogens is 1. The Kier molecular flexibility index (Phi) is 3.23. The number of fused-ring (bicyclic) bond motifs is 1. The van der Waals surface area contributed by atoms with Gasteiger partial charge in [-0.1, -0.05) is 0 Å². The monoisotopic (exact) mass is 258 g/mol. The van der Waals surface area contributed by atoms with E-state index in [2.05, 4.69) is 54.9 Å². The summed E-state index contributed by atoms with van der Waals surface area (Å²) in [5.74, 6) is 0.981. The number of aryl methyl sites for hydroxylation is 2. The van der Waals surface area contributed by atoms with E-state index in [4.69, 9.17) is 4.74 Å². The number of likely N-dealkylation sites (tertiary alicyclic amines) is 1. The highest BCUT2D eigenvalue weighted by Gasteiger charge is 2.21. The maximum absolute atomic E-state index is 5.98. The van der Waals surface area contributed by atoms with E-state index in [1.165, 1.54) is 35.9 Å². The molecule has 1 aromatic carbocycles. The molecule has 1 aliphatic rings. The molecule has 1 aromatic heterocycles. The fourth-order valence-corrected chi connectivity index (χ4v) is 3.04. The van der Waals surface area contributed by atoms with Gasteiger partial charge < -0.3 is 14.2 Å². The lowest BCUT2D eigenvalue weighted by molar-refractivity contribution is 0.198. The van der Waals surface area contributed by atoms with Gasteiger partial charge in [0.05, 0.1) is 5.52 Å². The molecule has 0 spiro atoms. The van der Waals surface area contributed by atoms with Crippen LogP contribution in [-0.4, -0.2) is 35.7 Å². The van der Waals surface area contributed by atoms with Gasteiger partial charge in [0.2, 0.25) is 0 Å². The van der Waals surface area contributed by atoms with Gasteiger partial charge in [-0.3, -0.25) is 0 Å². The number of likely N-dealkylation sites (N-methyl/N-ethyl adjacent to an activating group) is 1. The van der Waals surface area contributed by atoms with E-state index in [-0.39, 0.29) is 0 Å². The van der Waals surface area contributed by atoms with Crippen LogP contribution in [0.5, 0.6) is 5.75 Å². The summed E-state index contributed by atoms with van der Waals surface area (Å²) in [7, 11) is 4.27. The van der Waals surface area contributed by atoms with Crippen LogP contribution >= 0.6 is 0 Å². The van der Waals surface area contributed by atoms with Crippen LogP contribution in [0.3, 0.4) is 0 Å². The highest BCUT2D eigenvalue weighted by Crippen LogP contribution is 2.25. The van der Waals surface area contributed by atoms with Crippen molar-refractivity contribution in [2.75, 3.05) is 20.2 Å². The zero-order chi connectivity index (χ0) is 13.4. The first-order valence-electron chi connectivity index (χ1n) is 7.04. The minimum Gasteiger partial charge on any atom is -0.492 e. The number of rotatable bonds is 3. The number of hydrogen-bond acceptors (Lipinski definition) is 2. The van der Waals surface area contributed by atoms with Gasteiger partial charge in [-0.25, -0.2) is 0 Å². The minimum atomic E-state index is 0.575. The highest BCUT2D eigenvalue weighted by atomic mass is 16.5. The van der Waals surface area contributed by atoms with Crippen LogP contribution in [0.4, 0.5) is 0 Å². The SMILES string of the molecule is Cc1cn(C)c2cc(OCC3CCCN3C)ccc12. The Balaban J connectivity index is 1.76. The lowest BCUT2D eigenvalue weighted by Crippen LogP contribution is -2.30. The predicted octanol–water partition coefficient (Wildman–Crippen LogP) is 2.96. The summed E-state index contributed by atoms with van der Waals surface area (Å²) in [6, 6.07) is 6.98. The molecule has 0 N–H and O–H groups in total. The van der Waals surface area contributed by atoms with E-state index >= 15 is 0 Å². The summed E-state index contributed by atoms with van der Waals surface area (Å²) in [6.07, 6.45) is 4.71. The molecule has 3 heteroatoms. The third-order valence-corrected chi connectivity index (χ3v) is 4.28. The average Bonchev–Trinajstić information content (AvgIpc) is 2.92. The van der Waals surface area contributed by atoms with Gasteiger partial charge in [-0.05, 0) is 51.1 Å². The molecule has 1 atom stereocenters. The number of hydrogen-bond donors (Lipinski definition) is 0. The molecule has 1 unspecified atom stereocenters. The van der Waals surface area contributed by atoms with Gasteiger partial charge in [0.15, 0.2) is 0 Å². The molecular weight excluding hydrogens is 236 g/mol. The fourth-order valence-electron chi connectivity index (χ4n) is 3.04. The number of benzene rings is 1. The molecule has 0 amide bonds. The molecule has 0 bridgehead atoms. The lowest BCUT2D eigenvalue weighted by Gasteiger charge is -2.19. The maximum Gasteiger partial charge on any atom is 0.121 e. The van der Waals surface area contributed by atoms with Crippen molar-refractivity contribution in [1.82, 2.24) is 9.47 Å². The van der Waals surface area contributed by atoms with Crippen molar-refractivity contribution in [3.05, 3.63) is 30.0 Å². The van der Waals surface area contributed by atoms with Crippen molar-refractivity contribution in [3.63, 3.8) is 0 Å². The fraction of sp³-hybridized carbons (Fsp3) is 0.500. The molecule has 3 rings (SSSR count). The van der Waals surface area contributed by atoms with Gasteiger partial charge in [-0.2, -0.15) is 0 Å². The summed E-state index contributed by atoms with van der Waals surface area (Å²) in [5, 5.41) is 1.31. The number of ether oxygens (including phenoxy) is 1. The van der Waals surface area contributed by atoms with Gasteiger partial charge >= 0.3 is 0 Å². The Morgan fingerprint density at radius 3 is 2.89 bits per heavy atom. The molecule has 1 saturated heterocycles. The van der Waals surface area contributed by atoms with Crippen LogP contribution in [0.25, 0.3) is 10.9 Å². The molecule has 3 nitrogen and oxygen atoms in total. The second-order valence-electron chi connectivity index (χ2n) is 5.69. The van der Waals surface area contributed by atoms with E-state index < -0.39 is 0 Å². The molecule has 1 aliphatic heterocycles. The Morgan fingerprint density at radius 1 is 1.32 bits per heavy atom. The van der Waals surface area contributed by atoms with E-state index in [9.17, 15) is 0 Å². The molecule has 19 heavy (non-hydrogen) atoms.